The lowest BCUT2D eigenvalue weighted by Gasteiger charge is -2.27. The van der Waals surface area contributed by atoms with E-state index in [1.54, 1.807) is 6.07 Å². The summed E-state index contributed by atoms with van der Waals surface area (Å²) in [7, 11) is 1.35. The molecule has 0 N–H and O–H groups in total. The SMILES string of the molecule is C/C=C/C1CCC(c2ccc3cc(OC)c(F)c(F)c3c2)CC1. The Morgan fingerprint density at radius 3 is 2.43 bits per heavy atom. The van der Waals surface area contributed by atoms with E-state index in [1.165, 1.54) is 7.11 Å². The monoisotopic (exact) mass is 316 g/mol. The van der Waals surface area contributed by atoms with Crippen LogP contribution in [0, 0.1) is 17.6 Å². The molecule has 0 bridgehead atoms. The average molecular weight is 316 g/mol. The molecule has 0 unspecified atom stereocenters. The normalized spacial score (nSPS) is 21.9. The van der Waals surface area contributed by atoms with Gasteiger partial charge in [0.05, 0.1) is 7.11 Å². The minimum absolute atomic E-state index is 0.0467. The predicted molar refractivity (Wildman–Crippen MR) is 89.9 cm³/mol. The van der Waals surface area contributed by atoms with Gasteiger partial charge in [0.15, 0.2) is 11.6 Å². The van der Waals surface area contributed by atoms with E-state index >= 15 is 0 Å². The summed E-state index contributed by atoms with van der Waals surface area (Å²) in [5.41, 5.74) is 1.11. The summed E-state index contributed by atoms with van der Waals surface area (Å²) >= 11 is 0. The molecule has 0 radical (unpaired) electrons. The molecule has 1 saturated carbocycles. The van der Waals surface area contributed by atoms with Crippen molar-refractivity contribution in [2.75, 3.05) is 7.11 Å². The molecule has 0 heterocycles. The topological polar surface area (TPSA) is 9.23 Å². The third-order valence-corrected chi connectivity index (χ3v) is 4.94. The highest BCUT2D eigenvalue weighted by molar-refractivity contribution is 5.85. The number of allylic oxidation sites excluding steroid dienone is 2. The van der Waals surface area contributed by atoms with E-state index in [4.69, 9.17) is 4.74 Å². The molecule has 0 atom stereocenters. The molecular formula is C20H22F2O. The maximum atomic E-state index is 14.3. The van der Waals surface area contributed by atoms with Gasteiger partial charge >= 0.3 is 0 Å². The van der Waals surface area contributed by atoms with Gasteiger partial charge in [0.25, 0.3) is 0 Å². The fraction of sp³-hybridized carbons (Fsp3) is 0.400. The lowest BCUT2D eigenvalue weighted by Crippen LogP contribution is -2.11. The fourth-order valence-corrected chi connectivity index (χ4v) is 3.64. The average Bonchev–Trinajstić information content (AvgIpc) is 2.59. The molecule has 1 nitrogen and oxygen atoms in total. The standard InChI is InChI=1S/C20H22F2O/c1-3-4-13-5-7-14(8-6-13)15-9-10-16-12-18(23-2)20(22)19(21)17(16)11-15/h3-4,9-14H,5-8H2,1-2H3/b4-3+. The summed E-state index contributed by atoms with van der Waals surface area (Å²) in [6.45, 7) is 2.06. The van der Waals surface area contributed by atoms with Crippen LogP contribution in [-0.2, 0) is 0 Å². The zero-order valence-corrected chi connectivity index (χ0v) is 13.6. The van der Waals surface area contributed by atoms with Gasteiger partial charge in [0.2, 0.25) is 5.82 Å². The number of ether oxygens (including phenoxy) is 1. The summed E-state index contributed by atoms with van der Waals surface area (Å²) < 4.78 is 33.1. The van der Waals surface area contributed by atoms with E-state index in [0.29, 0.717) is 22.6 Å². The molecule has 3 heteroatoms. The van der Waals surface area contributed by atoms with Crippen LogP contribution in [0.3, 0.4) is 0 Å². The quantitative estimate of drug-likeness (QED) is 0.633. The second kappa shape index (κ2) is 6.69. The lowest BCUT2D eigenvalue weighted by molar-refractivity contribution is 0.373. The second-order valence-corrected chi connectivity index (χ2v) is 6.32. The van der Waals surface area contributed by atoms with Gasteiger partial charge in [0, 0.05) is 5.39 Å². The molecule has 2 aromatic carbocycles. The minimum atomic E-state index is -0.908. The molecule has 122 valence electrons. The van der Waals surface area contributed by atoms with Crippen LogP contribution in [0.2, 0.25) is 0 Å². The molecule has 0 saturated heterocycles. The van der Waals surface area contributed by atoms with E-state index in [0.717, 1.165) is 31.2 Å². The first-order valence-corrected chi connectivity index (χ1v) is 8.22. The largest absolute Gasteiger partial charge is 0.494 e. The summed E-state index contributed by atoms with van der Waals surface area (Å²) in [6, 6.07) is 7.28. The number of hydrogen-bond acceptors (Lipinski definition) is 1. The van der Waals surface area contributed by atoms with Crippen LogP contribution in [0.4, 0.5) is 8.78 Å². The molecular weight excluding hydrogens is 294 g/mol. The molecule has 3 rings (SSSR count). The Hall–Kier alpha value is -1.90. The van der Waals surface area contributed by atoms with Crippen molar-refractivity contribution in [1.82, 2.24) is 0 Å². The van der Waals surface area contributed by atoms with E-state index in [9.17, 15) is 8.78 Å². The fourth-order valence-electron chi connectivity index (χ4n) is 3.64. The van der Waals surface area contributed by atoms with E-state index in [2.05, 4.69) is 19.1 Å². The van der Waals surface area contributed by atoms with Crippen molar-refractivity contribution in [3.8, 4) is 5.75 Å². The third-order valence-electron chi connectivity index (χ3n) is 4.94. The van der Waals surface area contributed by atoms with Crippen LogP contribution < -0.4 is 4.74 Å². The number of methoxy groups -OCH3 is 1. The maximum Gasteiger partial charge on any atom is 0.201 e. The minimum Gasteiger partial charge on any atom is -0.494 e. The van der Waals surface area contributed by atoms with E-state index in [1.807, 2.05) is 18.2 Å². The Morgan fingerprint density at radius 1 is 1.04 bits per heavy atom. The lowest BCUT2D eigenvalue weighted by atomic mass is 9.78. The molecule has 1 aliphatic rings. The summed E-state index contributed by atoms with van der Waals surface area (Å²) in [5, 5.41) is 1.02. The van der Waals surface area contributed by atoms with Crippen molar-refractivity contribution < 1.29 is 13.5 Å². The first kappa shape index (κ1) is 16.0. The predicted octanol–water partition coefficient (Wildman–Crippen LogP) is 5.98. The Labute approximate surface area is 136 Å². The van der Waals surface area contributed by atoms with Crippen LogP contribution in [0.15, 0.2) is 36.4 Å². The molecule has 0 amide bonds. The van der Waals surface area contributed by atoms with Gasteiger partial charge in [-0.3, -0.25) is 0 Å². The molecule has 0 aromatic heterocycles. The van der Waals surface area contributed by atoms with Gasteiger partial charge < -0.3 is 4.74 Å². The van der Waals surface area contributed by atoms with Crippen molar-refractivity contribution in [3.05, 3.63) is 53.6 Å². The van der Waals surface area contributed by atoms with Gasteiger partial charge in [-0.25, -0.2) is 4.39 Å². The Bertz CT molecular complexity index is 728. The highest BCUT2D eigenvalue weighted by atomic mass is 19.2. The van der Waals surface area contributed by atoms with Crippen LogP contribution in [-0.4, -0.2) is 7.11 Å². The van der Waals surface area contributed by atoms with Gasteiger partial charge in [-0.05, 0) is 67.5 Å². The molecule has 23 heavy (non-hydrogen) atoms. The van der Waals surface area contributed by atoms with E-state index in [-0.39, 0.29) is 5.75 Å². The van der Waals surface area contributed by atoms with Crippen molar-refractivity contribution in [2.24, 2.45) is 5.92 Å². The van der Waals surface area contributed by atoms with Gasteiger partial charge in [-0.15, -0.1) is 0 Å². The third kappa shape index (κ3) is 3.10. The molecule has 0 aliphatic heterocycles. The number of hydrogen-bond donors (Lipinski definition) is 0. The number of fused-ring (bicyclic) bond motifs is 1. The number of benzene rings is 2. The first-order valence-electron chi connectivity index (χ1n) is 8.22. The van der Waals surface area contributed by atoms with Crippen molar-refractivity contribution >= 4 is 10.8 Å². The van der Waals surface area contributed by atoms with Crippen molar-refractivity contribution in [2.45, 2.75) is 38.5 Å². The summed E-state index contributed by atoms with van der Waals surface area (Å²) in [5.74, 6) is -0.673. The number of rotatable bonds is 3. The molecule has 1 fully saturated rings. The van der Waals surface area contributed by atoms with Crippen LogP contribution in [0.5, 0.6) is 5.75 Å². The molecule has 2 aromatic rings. The Balaban J connectivity index is 1.90. The van der Waals surface area contributed by atoms with Crippen LogP contribution >= 0.6 is 0 Å². The molecule has 0 spiro atoms. The maximum absolute atomic E-state index is 14.3. The van der Waals surface area contributed by atoms with Crippen molar-refractivity contribution in [3.63, 3.8) is 0 Å². The molecule has 1 aliphatic carbocycles. The Kier molecular flexibility index (Phi) is 4.65. The van der Waals surface area contributed by atoms with Gasteiger partial charge in [-0.2, -0.15) is 4.39 Å². The zero-order valence-electron chi connectivity index (χ0n) is 13.6. The van der Waals surface area contributed by atoms with Gasteiger partial charge in [0.1, 0.15) is 0 Å². The number of halogens is 2. The van der Waals surface area contributed by atoms with Gasteiger partial charge in [-0.1, -0.05) is 24.3 Å². The smallest absolute Gasteiger partial charge is 0.201 e. The van der Waals surface area contributed by atoms with Crippen LogP contribution in [0.1, 0.15) is 44.1 Å². The zero-order chi connectivity index (χ0) is 16.4. The summed E-state index contributed by atoms with van der Waals surface area (Å²) in [4.78, 5) is 0. The second-order valence-electron chi connectivity index (χ2n) is 6.32. The highest BCUT2D eigenvalue weighted by Crippen LogP contribution is 2.38. The highest BCUT2D eigenvalue weighted by Gasteiger charge is 2.22. The van der Waals surface area contributed by atoms with E-state index < -0.39 is 11.6 Å². The Morgan fingerprint density at radius 2 is 1.78 bits per heavy atom. The first-order chi connectivity index (χ1) is 11.1. The van der Waals surface area contributed by atoms with Crippen LogP contribution in [0.25, 0.3) is 10.8 Å². The summed E-state index contributed by atoms with van der Waals surface area (Å²) in [6.07, 6.45) is 8.91. The van der Waals surface area contributed by atoms with Crippen molar-refractivity contribution in [1.29, 1.82) is 0 Å².